The number of ether oxygens (including phenoxy) is 1. The van der Waals surface area contributed by atoms with Gasteiger partial charge in [0.25, 0.3) is 5.95 Å². The van der Waals surface area contributed by atoms with Crippen molar-refractivity contribution < 1.29 is 4.74 Å². The van der Waals surface area contributed by atoms with Crippen LogP contribution in [0.25, 0.3) is 5.95 Å². The Balaban J connectivity index is 1.86. The molecular weight excluding hydrogens is 272 g/mol. The highest BCUT2D eigenvalue weighted by Gasteiger charge is 2.22. The molecule has 0 unspecified atom stereocenters. The van der Waals surface area contributed by atoms with Crippen molar-refractivity contribution in [1.29, 1.82) is 0 Å². The van der Waals surface area contributed by atoms with Crippen molar-refractivity contribution in [3.63, 3.8) is 0 Å². The highest BCUT2D eigenvalue weighted by Crippen LogP contribution is 2.19. The number of aromatic nitrogens is 6. The standard InChI is InChI=1S/C12H18N8O/c1-13-10-16-11(19-5-3-9(21-2)4-6-19)18-12(17-10)20-8-14-7-15-20/h7-9H,3-6H2,1-2H3,(H,13,16,17,18). The van der Waals surface area contributed by atoms with Crippen molar-refractivity contribution in [1.82, 2.24) is 29.7 Å². The molecule has 0 bridgehead atoms. The second-order valence-corrected chi connectivity index (χ2v) is 4.77. The Morgan fingerprint density at radius 2 is 1.95 bits per heavy atom. The van der Waals surface area contributed by atoms with Gasteiger partial charge in [-0.3, -0.25) is 0 Å². The van der Waals surface area contributed by atoms with Crippen LogP contribution in [-0.2, 0) is 4.74 Å². The van der Waals surface area contributed by atoms with Gasteiger partial charge in [-0.1, -0.05) is 0 Å². The zero-order valence-corrected chi connectivity index (χ0v) is 12.1. The first-order valence-corrected chi connectivity index (χ1v) is 6.86. The lowest BCUT2D eigenvalue weighted by atomic mass is 10.1. The average molecular weight is 290 g/mol. The molecule has 9 heteroatoms. The predicted octanol–water partition coefficient (Wildman–Crippen LogP) is 0.109. The van der Waals surface area contributed by atoms with E-state index in [4.69, 9.17) is 4.74 Å². The van der Waals surface area contributed by atoms with Gasteiger partial charge in [0.1, 0.15) is 12.7 Å². The van der Waals surface area contributed by atoms with Gasteiger partial charge in [-0.15, -0.1) is 0 Å². The molecule has 0 spiro atoms. The van der Waals surface area contributed by atoms with Crippen LogP contribution in [0.15, 0.2) is 12.7 Å². The Bertz CT molecular complexity index is 579. The largest absolute Gasteiger partial charge is 0.381 e. The van der Waals surface area contributed by atoms with Crippen molar-refractivity contribution in [3.8, 4) is 5.95 Å². The summed E-state index contributed by atoms with van der Waals surface area (Å²) in [4.78, 5) is 19.3. The SMILES string of the molecule is CNc1nc(N2CCC(OC)CC2)nc(-n2cncn2)n1. The number of rotatable bonds is 4. The molecule has 1 aliphatic rings. The molecule has 0 amide bonds. The third kappa shape index (κ3) is 2.92. The number of methoxy groups -OCH3 is 1. The summed E-state index contributed by atoms with van der Waals surface area (Å²) >= 11 is 0. The lowest BCUT2D eigenvalue weighted by molar-refractivity contribution is 0.0816. The average Bonchev–Trinajstić information content (AvgIpc) is 3.09. The summed E-state index contributed by atoms with van der Waals surface area (Å²) in [6, 6.07) is 0. The molecule has 2 aromatic heterocycles. The molecule has 1 N–H and O–H groups in total. The van der Waals surface area contributed by atoms with E-state index >= 15 is 0 Å². The molecule has 0 aromatic carbocycles. The normalized spacial score (nSPS) is 16.2. The van der Waals surface area contributed by atoms with Gasteiger partial charge in [0.2, 0.25) is 11.9 Å². The maximum atomic E-state index is 5.39. The third-order valence-electron chi connectivity index (χ3n) is 3.52. The number of nitrogens with zero attached hydrogens (tertiary/aromatic N) is 7. The van der Waals surface area contributed by atoms with Gasteiger partial charge in [0.15, 0.2) is 0 Å². The molecular formula is C12H18N8O. The van der Waals surface area contributed by atoms with E-state index in [1.165, 1.54) is 11.0 Å². The van der Waals surface area contributed by atoms with Crippen LogP contribution in [0.3, 0.4) is 0 Å². The summed E-state index contributed by atoms with van der Waals surface area (Å²) in [5.74, 6) is 1.62. The van der Waals surface area contributed by atoms with Crippen LogP contribution in [0.5, 0.6) is 0 Å². The van der Waals surface area contributed by atoms with Gasteiger partial charge in [-0.25, -0.2) is 4.98 Å². The van der Waals surface area contributed by atoms with Gasteiger partial charge in [0.05, 0.1) is 6.10 Å². The van der Waals surface area contributed by atoms with Crippen LogP contribution in [-0.4, -0.2) is 63.1 Å². The second-order valence-electron chi connectivity index (χ2n) is 4.77. The molecule has 1 saturated heterocycles. The smallest absolute Gasteiger partial charge is 0.258 e. The summed E-state index contributed by atoms with van der Waals surface area (Å²) in [6.45, 7) is 1.73. The quantitative estimate of drug-likeness (QED) is 0.848. The first kappa shape index (κ1) is 13.7. The molecule has 9 nitrogen and oxygen atoms in total. The van der Waals surface area contributed by atoms with E-state index in [0.717, 1.165) is 25.9 Å². The number of nitrogens with one attached hydrogen (secondary N) is 1. The summed E-state index contributed by atoms with van der Waals surface area (Å²) in [5, 5.41) is 7.01. The van der Waals surface area contributed by atoms with Crippen LogP contribution in [0, 0.1) is 0 Å². The molecule has 0 radical (unpaired) electrons. The van der Waals surface area contributed by atoms with Gasteiger partial charge < -0.3 is 15.0 Å². The van der Waals surface area contributed by atoms with Crippen molar-refractivity contribution in [2.45, 2.75) is 18.9 Å². The molecule has 3 rings (SSSR count). The monoisotopic (exact) mass is 290 g/mol. The Hall–Kier alpha value is -2.29. The number of anilines is 2. The molecule has 0 aliphatic carbocycles. The Morgan fingerprint density at radius 1 is 1.19 bits per heavy atom. The van der Waals surface area contributed by atoms with E-state index in [0.29, 0.717) is 23.9 Å². The fraction of sp³-hybridized carbons (Fsp3) is 0.583. The van der Waals surface area contributed by atoms with Gasteiger partial charge in [-0.2, -0.15) is 24.7 Å². The summed E-state index contributed by atoms with van der Waals surface area (Å²) in [5.41, 5.74) is 0. The summed E-state index contributed by atoms with van der Waals surface area (Å²) < 4.78 is 6.91. The van der Waals surface area contributed by atoms with Crippen LogP contribution in [0.1, 0.15) is 12.8 Å². The Labute approximate surface area is 122 Å². The fourth-order valence-corrected chi connectivity index (χ4v) is 2.31. The van der Waals surface area contributed by atoms with E-state index in [1.54, 1.807) is 20.5 Å². The number of hydrogen-bond acceptors (Lipinski definition) is 8. The zero-order chi connectivity index (χ0) is 14.7. The van der Waals surface area contributed by atoms with Gasteiger partial charge >= 0.3 is 0 Å². The van der Waals surface area contributed by atoms with Crippen molar-refractivity contribution in [2.75, 3.05) is 37.5 Å². The van der Waals surface area contributed by atoms with E-state index in [9.17, 15) is 0 Å². The Morgan fingerprint density at radius 3 is 2.57 bits per heavy atom. The lowest BCUT2D eigenvalue weighted by Crippen LogP contribution is -2.38. The minimum atomic E-state index is 0.321. The fourth-order valence-electron chi connectivity index (χ4n) is 2.31. The van der Waals surface area contributed by atoms with Crippen molar-refractivity contribution >= 4 is 11.9 Å². The molecule has 0 saturated carbocycles. The molecule has 1 fully saturated rings. The summed E-state index contributed by atoms with van der Waals surface area (Å²) in [6.07, 6.45) is 5.27. The first-order chi connectivity index (χ1) is 10.3. The van der Waals surface area contributed by atoms with Crippen molar-refractivity contribution in [3.05, 3.63) is 12.7 Å². The van der Waals surface area contributed by atoms with Crippen molar-refractivity contribution in [2.24, 2.45) is 0 Å². The summed E-state index contributed by atoms with van der Waals surface area (Å²) in [7, 11) is 3.53. The Kier molecular flexibility index (Phi) is 3.91. The maximum absolute atomic E-state index is 5.39. The molecule has 21 heavy (non-hydrogen) atoms. The highest BCUT2D eigenvalue weighted by molar-refractivity contribution is 5.39. The number of piperidine rings is 1. The van der Waals surface area contributed by atoms with Gasteiger partial charge in [-0.05, 0) is 12.8 Å². The third-order valence-corrected chi connectivity index (χ3v) is 3.52. The van der Waals surface area contributed by atoms with Gasteiger partial charge in [0, 0.05) is 27.2 Å². The predicted molar refractivity (Wildman–Crippen MR) is 76.5 cm³/mol. The van der Waals surface area contributed by atoms with Crippen LogP contribution >= 0.6 is 0 Å². The highest BCUT2D eigenvalue weighted by atomic mass is 16.5. The minimum Gasteiger partial charge on any atom is -0.381 e. The lowest BCUT2D eigenvalue weighted by Gasteiger charge is -2.31. The van der Waals surface area contributed by atoms with E-state index in [1.807, 2.05) is 0 Å². The maximum Gasteiger partial charge on any atom is 0.258 e. The topological polar surface area (TPSA) is 93.9 Å². The minimum absolute atomic E-state index is 0.321. The van der Waals surface area contributed by atoms with E-state index in [2.05, 4.69) is 35.3 Å². The van der Waals surface area contributed by atoms with Crippen LogP contribution in [0.4, 0.5) is 11.9 Å². The molecule has 0 atom stereocenters. The zero-order valence-electron chi connectivity index (χ0n) is 12.1. The number of hydrogen-bond donors (Lipinski definition) is 1. The molecule has 3 heterocycles. The first-order valence-electron chi connectivity index (χ1n) is 6.86. The molecule has 112 valence electrons. The van der Waals surface area contributed by atoms with E-state index < -0.39 is 0 Å². The van der Waals surface area contributed by atoms with E-state index in [-0.39, 0.29) is 0 Å². The molecule has 1 aliphatic heterocycles. The molecule has 2 aromatic rings. The van der Waals surface area contributed by atoms with Crippen LogP contribution in [0.2, 0.25) is 0 Å². The second kappa shape index (κ2) is 6.00. The van der Waals surface area contributed by atoms with Crippen LogP contribution < -0.4 is 10.2 Å².